The molecule has 0 aliphatic rings. The standard InChI is InChI=1S/C14H24O11Si/c1-8(15)22-12(13(23-9(2)16)24-10(3)17)14(25-11(4)18)26(19-5,20-6)21-7/h12-14H,1-7H3. The van der Waals surface area contributed by atoms with Gasteiger partial charge in [-0.2, -0.15) is 0 Å². The molecule has 0 bridgehead atoms. The van der Waals surface area contributed by atoms with Gasteiger partial charge in [0.15, 0.2) is 0 Å². The minimum Gasteiger partial charge on any atom is -0.454 e. The molecule has 0 aromatic rings. The number of hydrogen-bond donors (Lipinski definition) is 0. The zero-order chi connectivity index (χ0) is 20.5. The summed E-state index contributed by atoms with van der Waals surface area (Å²) in [6.45, 7) is 4.25. The molecule has 2 unspecified atom stereocenters. The van der Waals surface area contributed by atoms with Gasteiger partial charge in [-0.25, -0.2) is 0 Å². The van der Waals surface area contributed by atoms with Crippen LogP contribution < -0.4 is 0 Å². The van der Waals surface area contributed by atoms with Gasteiger partial charge in [0, 0.05) is 49.0 Å². The largest absolute Gasteiger partial charge is 0.547 e. The minimum atomic E-state index is -3.81. The van der Waals surface area contributed by atoms with Crippen LogP contribution in [0.25, 0.3) is 0 Å². The summed E-state index contributed by atoms with van der Waals surface area (Å²) in [4.78, 5) is 45.9. The van der Waals surface area contributed by atoms with Gasteiger partial charge in [0.1, 0.15) is 0 Å². The number of carbonyl (C=O) groups is 4. The molecule has 0 aromatic heterocycles. The Hall–Kier alpha value is -2.02. The minimum absolute atomic E-state index is 0.792. The molecule has 0 amide bonds. The van der Waals surface area contributed by atoms with Crippen molar-refractivity contribution in [2.75, 3.05) is 21.3 Å². The number of carbonyl (C=O) groups excluding carboxylic acids is 4. The van der Waals surface area contributed by atoms with Crippen molar-refractivity contribution in [1.82, 2.24) is 0 Å². The molecule has 26 heavy (non-hydrogen) atoms. The smallest absolute Gasteiger partial charge is 0.454 e. The maximum absolute atomic E-state index is 11.6. The molecule has 0 rings (SSSR count). The molecule has 0 saturated heterocycles. The van der Waals surface area contributed by atoms with Crippen LogP contribution in [0.1, 0.15) is 27.7 Å². The van der Waals surface area contributed by atoms with Crippen LogP contribution in [0, 0.1) is 0 Å². The highest BCUT2D eigenvalue weighted by molar-refractivity contribution is 6.62. The van der Waals surface area contributed by atoms with Crippen LogP contribution in [-0.4, -0.2) is 72.1 Å². The molecule has 12 heteroatoms. The van der Waals surface area contributed by atoms with Crippen LogP contribution in [0.5, 0.6) is 0 Å². The summed E-state index contributed by atoms with van der Waals surface area (Å²) in [6.07, 6.45) is -3.33. The van der Waals surface area contributed by atoms with E-state index in [-0.39, 0.29) is 0 Å². The van der Waals surface area contributed by atoms with Gasteiger partial charge in [-0.05, 0) is 0 Å². The Bertz CT molecular complexity index is 493. The summed E-state index contributed by atoms with van der Waals surface area (Å²) in [7, 11) is -0.119. The van der Waals surface area contributed by atoms with E-state index in [2.05, 4.69) is 0 Å². The van der Waals surface area contributed by atoms with E-state index in [1.54, 1.807) is 0 Å². The highest BCUT2D eigenvalue weighted by atomic mass is 28.4. The van der Waals surface area contributed by atoms with Gasteiger partial charge < -0.3 is 32.2 Å². The SMILES string of the molecule is CO[Si](OC)(OC)C(OC(C)=O)C(OC(C)=O)C(OC(C)=O)OC(C)=O. The number of esters is 4. The Labute approximate surface area is 152 Å². The average Bonchev–Trinajstić information content (AvgIpc) is 2.51. The van der Waals surface area contributed by atoms with Gasteiger partial charge in [-0.15, -0.1) is 0 Å². The first kappa shape index (κ1) is 24.0. The first-order valence-corrected chi connectivity index (χ1v) is 9.17. The monoisotopic (exact) mass is 396 g/mol. The van der Waals surface area contributed by atoms with E-state index >= 15 is 0 Å². The van der Waals surface area contributed by atoms with E-state index in [4.69, 9.17) is 32.2 Å². The van der Waals surface area contributed by atoms with Crippen molar-refractivity contribution in [1.29, 1.82) is 0 Å². The molecule has 0 fully saturated rings. The zero-order valence-corrected chi connectivity index (χ0v) is 16.7. The van der Waals surface area contributed by atoms with E-state index in [0.29, 0.717) is 0 Å². The van der Waals surface area contributed by atoms with Gasteiger partial charge in [0.2, 0.25) is 11.8 Å². The fraction of sp³-hybridized carbons (Fsp3) is 0.714. The molecule has 0 N–H and O–H groups in total. The molecular weight excluding hydrogens is 372 g/mol. The van der Waals surface area contributed by atoms with Crippen molar-refractivity contribution in [3.8, 4) is 0 Å². The zero-order valence-electron chi connectivity index (χ0n) is 15.7. The second kappa shape index (κ2) is 10.9. The van der Waals surface area contributed by atoms with E-state index in [1.807, 2.05) is 0 Å². The predicted molar refractivity (Wildman–Crippen MR) is 85.2 cm³/mol. The van der Waals surface area contributed by atoms with Crippen molar-refractivity contribution in [3.63, 3.8) is 0 Å². The summed E-state index contributed by atoms with van der Waals surface area (Å²) in [5.41, 5.74) is -1.49. The maximum atomic E-state index is 11.6. The molecule has 0 aliphatic heterocycles. The quantitative estimate of drug-likeness (QED) is 0.209. The third-order valence-electron chi connectivity index (χ3n) is 2.93. The van der Waals surface area contributed by atoms with Gasteiger partial charge >= 0.3 is 32.7 Å². The summed E-state index contributed by atoms with van der Waals surface area (Å²) in [5, 5.41) is 0. The predicted octanol–water partition coefficient (Wildman–Crippen LogP) is -0.281. The van der Waals surface area contributed by atoms with E-state index in [0.717, 1.165) is 27.7 Å². The van der Waals surface area contributed by atoms with Crippen LogP contribution in [0.15, 0.2) is 0 Å². The summed E-state index contributed by atoms with van der Waals surface area (Å²) in [5.74, 6) is -3.30. The van der Waals surface area contributed by atoms with Crippen LogP contribution in [0.3, 0.4) is 0 Å². The first-order valence-electron chi connectivity index (χ1n) is 7.37. The van der Waals surface area contributed by atoms with E-state index < -0.39 is 50.8 Å². The van der Waals surface area contributed by atoms with Crippen LogP contribution in [-0.2, 0) is 51.4 Å². The normalized spacial score (nSPS) is 13.5. The van der Waals surface area contributed by atoms with Crippen molar-refractivity contribution in [2.45, 2.75) is 45.8 Å². The molecule has 2 atom stereocenters. The van der Waals surface area contributed by atoms with Gasteiger partial charge in [-0.3, -0.25) is 19.2 Å². The average molecular weight is 396 g/mol. The summed E-state index contributed by atoms with van der Waals surface area (Å²) >= 11 is 0. The fourth-order valence-corrected chi connectivity index (χ4v) is 4.19. The van der Waals surface area contributed by atoms with Crippen LogP contribution in [0.4, 0.5) is 0 Å². The van der Waals surface area contributed by atoms with Crippen molar-refractivity contribution in [3.05, 3.63) is 0 Å². The molecule has 0 aliphatic carbocycles. The molecule has 0 radical (unpaired) electrons. The number of rotatable bonds is 10. The van der Waals surface area contributed by atoms with Gasteiger partial charge in [0.05, 0.1) is 0 Å². The Kier molecular flexibility index (Phi) is 10.0. The van der Waals surface area contributed by atoms with Crippen LogP contribution >= 0.6 is 0 Å². The highest BCUT2D eigenvalue weighted by Gasteiger charge is 2.59. The molecule has 0 spiro atoms. The van der Waals surface area contributed by atoms with E-state index in [9.17, 15) is 19.2 Å². The summed E-state index contributed by atoms with van der Waals surface area (Å²) < 4.78 is 35.9. The second-order valence-electron chi connectivity index (χ2n) is 4.91. The van der Waals surface area contributed by atoms with Crippen LogP contribution in [0.2, 0.25) is 0 Å². The Morgan fingerprint density at radius 3 is 1.23 bits per heavy atom. The molecule has 0 aromatic carbocycles. The fourth-order valence-electron chi connectivity index (χ4n) is 2.05. The highest BCUT2D eigenvalue weighted by Crippen LogP contribution is 2.25. The molecule has 11 nitrogen and oxygen atoms in total. The Balaban J connectivity index is 6.22. The summed E-state index contributed by atoms with van der Waals surface area (Å²) in [6, 6.07) is 0. The van der Waals surface area contributed by atoms with Crippen molar-refractivity contribution >= 4 is 32.7 Å². The van der Waals surface area contributed by atoms with Gasteiger partial charge in [-0.1, -0.05) is 0 Å². The Morgan fingerprint density at radius 1 is 0.615 bits per heavy atom. The number of hydrogen-bond acceptors (Lipinski definition) is 11. The molecule has 0 heterocycles. The van der Waals surface area contributed by atoms with Gasteiger partial charge in [0.25, 0.3) is 6.29 Å². The maximum Gasteiger partial charge on any atom is 0.547 e. The third kappa shape index (κ3) is 7.07. The lowest BCUT2D eigenvalue weighted by molar-refractivity contribution is -0.224. The molecular formula is C14H24O11Si. The lowest BCUT2D eigenvalue weighted by Crippen LogP contribution is -2.64. The molecule has 150 valence electrons. The second-order valence-corrected chi connectivity index (χ2v) is 7.91. The lowest BCUT2D eigenvalue weighted by atomic mass is 10.3. The lowest BCUT2D eigenvalue weighted by Gasteiger charge is -2.37. The van der Waals surface area contributed by atoms with Crippen molar-refractivity contribution < 1.29 is 51.4 Å². The third-order valence-corrected chi connectivity index (χ3v) is 5.78. The topological polar surface area (TPSA) is 133 Å². The Morgan fingerprint density at radius 2 is 0.962 bits per heavy atom. The van der Waals surface area contributed by atoms with E-state index in [1.165, 1.54) is 21.3 Å². The molecule has 0 saturated carbocycles. The van der Waals surface area contributed by atoms with Crippen molar-refractivity contribution in [2.24, 2.45) is 0 Å². The number of ether oxygens (including phenoxy) is 4. The first-order chi connectivity index (χ1) is 12.0.